The van der Waals surface area contributed by atoms with Gasteiger partial charge in [0.05, 0.1) is 11.0 Å². The molecule has 0 aliphatic carbocycles. The Morgan fingerprint density at radius 1 is 0.293 bits per heavy atom. The van der Waals surface area contributed by atoms with Crippen LogP contribution < -0.4 is 0 Å². The third-order valence-corrected chi connectivity index (χ3v) is 13.1. The summed E-state index contributed by atoms with van der Waals surface area (Å²) < 4.78 is 5.07. The number of fused-ring (bicyclic) bond motifs is 9. The number of hydrogen-bond acceptors (Lipinski definition) is 1. The Labute approximate surface area is 340 Å². The first kappa shape index (κ1) is 32.9. The zero-order chi connectivity index (χ0) is 38.2. The molecule has 0 saturated heterocycles. The average molecular weight is 754 g/mol. The van der Waals surface area contributed by atoms with Crippen LogP contribution >= 0.6 is 11.3 Å². The van der Waals surface area contributed by atoms with Gasteiger partial charge in [-0.3, -0.25) is 0 Å². The molecule has 0 amide bonds. The summed E-state index contributed by atoms with van der Waals surface area (Å²) in [5.41, 5.74) is 13.5. The number of thiophene rings is 1. The minimum atomic E-state index is 1.18. The minimum absolute atomic E-state index is 1.18. The first-order chi connectivity index (χ1) is 28.7. The molecule has 2 aromatic heterocycles. The topological polar surface area (TPSA) is 4.93 Å². The molecule has 12 aromatic rings. The molecule has 0 spiro atoms. The zero-order valence-corrected chi connectivity index (χ0v) is 32.4. The maximum Gasteiger partial charge on any atom is 0.0541 e. The van der Waals surface area contributed by atoms with Crippen molar-refractivity contribution < 1.29 is 0 Å². The molecule has 0 bridgehead atoms. The molecular formula is C56H35NS. The predicted molar refractivity (Wildman–Crippen MR) is 250 cm³/mol. The number of aromatic nitrogens is 1. The second-order valence-electron chi connectivity index (χ2n) is 15.3. The summed E-state index contributed by atoms with van der Waals surface area (Å²) in [7, 11) is 0. The second-order valence-corrected chi connectivity index (χ2v) is 16.3. The lowest BCUT2D eigenvalue weighted by Gasteiger charge is -2.14. The summed E-state index contributed by atoms with van der Waals surface area (Å²) >= 11 is 1.87. The van der Waals surface area contributed by atoms with Crippen LogP contribution in [0.2, 0.25) is 0 Å². The van der Waals surface area contributed by atoms with E-state index in [0.717, 1.165) is 0 Å². The van der Waals surface area contributed by atoms with E-state index in [0.29, 0.717) is 0 Å². The molecule has 0 atom stereocenters. The van der Waals surface area contributed by atoms with Crippen LogP contribution in [0.25, 0.3) is 114 Å². The van der Waals surface area contributed by atoms with E-state index in [2.05, 4.69) is 217 Å². The van der Waals surface area contributed by atoms with Crippen molar-refractivity contribution in [1.82, 2.24) is 4.57 Å². The van der Waals surface area contributed by atoms with E-state index in [1.165, 1.54) is 114 Å². The number of benzene rings is 10. The summed E-state index contributed by atoms with van der Waals surface area (Å²) in [6.07, 6.45) is 0. The van der Waals surface area contributed by atoms with Crippen LogP contribution in [-0.4, -0.2) is 4.57 Å². The smallest absolute Gasteiger partial charge is 0.0541 e. The van der Waals surface area contributed by atoms with Crippen molar-refractivity contribution >= 4 is 74.9 Å². The number of nitrogens with zero attached hydrogens (tertiary/aromatic N) is 1. The molecule has 0 unspecified atom stereocenters. The van der Waals surface area contributed by atoms with Gasteiger partial charge in [-0.1, -0.05) is 158 Å². The monoisotopic (exact) mass is 753 g/mol. The van der Waals surface area contributed by atoms with Gasteiger partial charge in [-0.05, 0) is 121 Å². The Morgan fingerprint density at radius 3 is 1.74 bits per heavy atom. The average Bonchev–Trinajstić information content (AvgIpc) is 3.84. The van der Waals surface area contributed by atoms with Gasteiger partial charge in [-0.15, -0.1) is 11.3 Å². The van der Waals surface area contributed by atoms with Gasteiger partial charge in [-0.25, -0.2) is 0 Å². The largest absolute Gasteiger partial charge is 0.309 e. The van der Waals surface area contributed by atoms with Crippen molar-refractivity contribution in [2.75, 3.05) is 0 Å². The van der Waals surface area contributed by atoms with Gasteiger partial charge < -0.3 is 4.57 Å². The minimum Gasteiger partial charge on any atom is -0.309 e. The van der Waals surface area contributed by atoms with Gasteiger partial charge in [0.1, 0.15) is 0 Å². The molecule has 2 heteroatoms. The van der Waals surface area contributed by atoms with Crippen LogP contribution in [0.3, 0.4) is 0 Å². The molecule has 0 N–H and O–H groups in total. The van der Waals surface area contributed by atoms with E-state index >= 15 is 0 Å². The number of para-hydroxylation sites is 1. The van der Waals surface area contributed by atoms with Crippen molar-refractivity contribution in [3.63, 3.8) is 0 Å². The Kier molecular flexibility index (Phi) is 7.47. The molecule has 58 heavy (non-hydrogen) atoms. The summed E-state index contributed by atoms with van der Waals surface area (Å²) in [4.78, 5) is 0. The molecule has 2 heterocycles. The highest BCUT2D eigenvalue weighted by atomic mass is 32.1. The lowest BCUT2D eigenvalue weighted by molar-refractivity contribution is 1.19. The molecule has 0 radical (unpaired) electrons. The Balaban J connectivity index is 1.00. The Morgan fingerprint density at radius 2 is 0.914 bits per heavy atom. The molecule has 1 nitrogen and oxygen atoms in total. The van der Waals surface area contributed by atoms with Crippen LogP contribution in [0.1, 0.15) is 0 Å². The number of hydrogen-bond donors (Lipinski definition) is 0. The molecule has 0 saturated carbocycles. The summed E-state index contributed by atoms with van der Waals surface area (Å²) in [6, 6.07) is 78.2. The Bertz CT molecular complexity index is 3540. The van der Waals surface area contributed by atoms with E-state index in [-0.39, 0.29) is 0 Å². The van der Waals surface area contributed by atoms with Gasteiger partial charge in [0.2, 0.25) is 0 Å². The van der Waals surface area contributed by atoms with Crippen LogP contribution in [0.4, 0.5) is 0 Å². The van der Waals surface area contributed by atoms with E-state index in [9.17, 15) is 0 Å². The van der Waals surface area contributed by atoms with Crippen molar-refractivity contribution in [3.8, 4) is 50.2 Å². The molecular weight excluding hydrogens is 719 g/mol. The fourth-order valence-electron chi connectivity index (χ4n) is 9.24. The highest BCUT2D eigenvalue weighted by Crippen LogP contribution is 2.43. The summed E-state index contributed by atoms with van der Waals surface area (Å²) in [5, 5.41) is 10.2. The van der Waals surface area contributed by atoms with Crippen LogP contribution in [-0.2, 0) is 0 Å². The lowest BCUT2D eigenvalue weighted by atomic mass is 9.90. The van der Waals surface area contributed by atoms with Crippen LogP contribution in [0, 0.1) is 0 Å². The van der Waals surface area contributed by atoms with Gasteiger partial charge >= 0.3 is 0 Å². The van der Waals surface area contributed by atoms with Crippen molar-refractivity contribution in [3.05, 3.63) is 212 Å². The fraction of sp³-hybridized carbons (Fsp3) is 0. The fourth-order valence-corrected chi connectivity index (χ4v) is 10.3. The summed E-state index contributed by atoms with van der Waals surface area (Å²) in [6.45, 7) is 0. The van der Waals surface area contributed by atoms with Crippen molar-refractivity contribution in [2.24, 2.45) is 0 Å². The molecule has 0 aliphatic heterocycles. The van der Waals surface area contributed by atoms with Crippen LogP contribution in [0.5, 0.6) is 0 Å². The maximum atomic E-state index is 2.45. The molecule has 12 rings (SSSR count). The van der Waals surface area contributed by atoms with E-state index < -0.39 is 0 Å². The lowest BCUT2D eigenvalue weighted by Crippen LogP contribution is -1.93. The first-order valence-corrected chi connectivity index (χ1v) is 20.7. The first-order valence-electron chi connectivity index (χ1n) is 19.9. The highest BCUT2D eigenvalue weighted by molar-refractivity contribution is 7.26. The van der Waals surface area contributed by atoms with Gasteiger partial charge in [-0.2, -0.15) is 0 Å². The third kappa shape index (κ3) is 5.23. The molecule has 0 aliphatic rings. The Hall–Kier alpha value is -7.26. The highest BCUT2D eigenvalue weighted by Gasteiger charge is 2.17. The van der Waals surface area contributed by atoms with Crippen molar-refractivity contribution in [2.45, 2.75) is 0 Å². The second kappa shape index (κ2) is 13.2. The standard InChI is InChI=1S/C56H35NS/c1-3-12-36(13-4-1)37-22-24-39(25-23-37)48-34-42-16-7-8-17-44(42)49-32-40(26-29-46(48)49)41-27-30-53-50(33-41)47-18-9-10-20-52(47)57(53)43-28-31-54-51(35-43)56-45(19-11-21-55(56)58-54)38-14-5-2-6-15-38/h1-35H. The predicted octanol–water partition coefficient (Wildman–Crippen LogP) is 16.1. The van der Waals surface area contributed by atoms with E-state index in [1.807, 2.05) is 11.3 Å². The third-order valence-electron chi connectivity index (χ3n) is 12.0. The zero-order valence-electron chi connectivity index (χ0n) is 31.6. The van der Waals surface area contributed by atoms with E-state index in [1.54, 1.807) is 0 Å². The van der Waals surface area contributed by atoms with Crippen LogP contribution in [0.15, 0.2) is 212 Å². The number of rotatable bonds is 5. The SMILES string of the molecule is c1ccc(-c2ccc(-c3cc4ccccc4c4cc(-c5ccc6c(c5)c5ccccc5n6-c5ccc6sc7cccc(-c8ccccc8)c7c6c5)ccc34)cc2)cc1. The normalized spacial score (nSPS) is 11.8. The van der Waals surface area contributed by atoms with Gasteiger partial charge in [0.25, 0.3) is 0 Å². The van der Waals surface area contributed by atoms with E-state index in [4.69, 9.17) is 0 Å². The summed E-state index contributed by atoms with van der Waals surface area (Å²) in [5.74, 6) is 0. The van der Waals surface area contributed by atoms with Gasteiger partial charge in [0.15, 0.2) is 0 Å². The molecule has 10 aromatic carbocycles. The quantitative estimate of drug-likeness (QED) is 0.154. The maximum absolute atomic E-state index is 2.45. The van der Waals surface area contributed by atoms with Crippen molar-refractivity contribution in [1.29, 1.82) is 0 Å². The molecule has 270 valence electrons. The molecule has 0 fully saturated rings. The van der Waals surface area contributed by atoms with Gasteiger partial charge in [0, 0.05) is 36.6 Å².